The highest BCUT2D eigenvalue weighted by Crippen LogP contribution is 2.63. The van der Waals surface area contributed by atoms with E-state index in [0.717, 1.165) is 39.3 Å². The summed E-state index contributed by atoms with van der Waals surface area (Å²) in [6.07, 6.45) is 0. The molecule has 5 heteroatoms. The Balaban J connectivity index is 1.17. The lowest BCUT2D eigenvalue weighted by Crippen LogP contribution is -2.32. The number of para-hydroxylation sites is 1. The molecular formula is C46H27N3OS. The summed E-state index contributed by atoms with van der Waals surface area (Å²) < 4.78 is 9.47. The van der Waals surface area contributed by atoms with E-state index in [9.17, 15) is 0 Å². The van der Waals surface area contributed by atoms with E-state index in [0.29, 0.717) is 17.5 Å². The van der Waals surface area contributed by atoms with E-state index in [2.05, 4.69) is 103 Å². The smallest absolute Gasteiger partial charge is 0.164 e. The molecule has 1 spiro atoms. The molecule has 1 aliphatic heterocycles. The second-order valence-corrected chi connectivity index (χ2v) is 14.2. The Morgan fingerprint density at radius 1 is 0.392 bits per heavy atom. The number of rotatable bonds is 3. The van der Waals surface area contributed by atoms with Crippen LogP contribution in [0.5, 0.6) is 11.5 Å². The molecule has 9 aromatic rings. The van der Waals surface area contributed by atoms with Crippen molar-refractivity contribution >= 4 is 31.5 Å². The van der Waals surface area contributed by atoms with Gasteiger partial charge >= 0.3 is 0 Å². The van der Waals surface area contributed by atoms with Gasteiger partial charge in [-0.05, 0) is 52.6 Å². The molecule has 0 fully saturated rings. The molecule has 2 aliphatic rings. The Hall–Kier alpha value is -6.43. The molecule has 0 amide bonds. The zero-order valence-electron chi connectivity index (χ0n) is 27.2. The van der Waals surface area contributed by atoms with Crippen molar-refractivity contribution < 1.29 is 4.74 Å². The summed E-state index contributed by atoms with van der Waals surface area (Å²) >= 11 is 1.86. The van der Waals surface area contributed by atoms with Crippen LogP contribution in [0, 0.1) is 0 Å². The predicted molar refractivity (Wildman–Crippen MR) is 206 cm³/mol. The van der Waals surface area contributed by atoms with Crippen molar-refractivity contribution in [2.45, 2.75) is 5.41 Å². The average Bonchev–Trinajstić information content (AvgIpc) is 3.70. The summed E-state index contributed by atoms with van der Waals surface area (Å²) in [6, 6.07) is 57.7. The summed E-state index contributed by atoms with van der Waals surface area (Å²) in [6.45, 7) is 0. The second-order valence-electron chi connectivity index (χ2n) is 13.1. The first-order valence-electron chi connectivity index (χ1n) is 17.1. The second kappa shape index (κ2) is 10.8. The van der Waals surface area contributed by atoms with Crippen LogP contribution in [0.15, 0.2) is 164 Å². The summed E-state index contributed by atoms with van der Waals surface area (Å²) in [5, 5.41) is 2.58. The van der Waals surface area contributed by atoms with E-state index in [-0.39, 0.29) is 0 Å². The Bertz CT molecular complexity index is 2790. The third-order valence-electron chi connectivity index (χ3n) is 10.4. The van der Waals surface area contributed by atoms with Crippen molar-refractivity contribution in [1.82, 2.24) is 15.0 Å². The van der Waals surface area contributed by atoms with Gasteiger partial charge in [0, 0.05) is 48.0 Å². The Morgan fingerprint density at radius 3 is 1.76 bits per heavy atom. The van der Waals surface area contributed by atoms with Gasteiger partial charge in [0.2, 0.25) is 0 Å². The van der Waals surface area contributed by atoms with Crippen LogP contribution in [0.25, 0.3) is 65.5 Å². The fraction of sp³-hybridized carbons (Fsp3) is 0.0217. The van der Waals surface area contributed by atoms with Crippen LogP contribution in [0.3, 0.4) is 0 Å². The maximum absolute atomic E-state index is 6.86. The van der Waals surface area contributed by atoms with E-state index in [4.69, 9.17) is 19.7 Å². The summed E-state index contributed by atoms with van der Waals surface area (Å²) in [4.78, 5) is 15.0. The number of ether oxygens (including phenoxy) is 1. The molecule has 0 saturated heterocycles. The molecule has 0 N–H and O–H groups in total. The zero-order valence-corrected chi connectivity index (χ0v) is 28.1. The minimum Gasteiger partial charge on any atom is -0.457 e. The van der Waals surface area contributed by atoms with Crippen molar-refractivity contribution in [2.75, 3.05) is 0 Å². The van der Waals surface area contributed by atoms with Crippen molar-refractivity contribution in [3.8, 4) is 56.8 Å². The highest BCUT2D eigenvalue weighted by molar-refractivity contribution is 7.25. The van der Waals surface area contributed by atoms with Crippen LogP contribution in [0.2, 0.25) is 0 Å². The monoisotopic (exact) mass is 669 g/mol. The number of aromatic nitrogens is 3. The molecule has 7 aromatic carbocycles. The quantitative estimate of drug-likeness (QED) is 0.188. The molecule has 3 heterocycles. The summed E-state index contributed by atoms with van der Waals surface area (Å²) in [5.74, 6) is 3.51. The van der Waals surface area contributed by atoms with Crippen LogP contribution < -0.4 is 4.74 Å². The average molecular weight is 670 g/mol. The van der Waals surface area contributed by atoms with Gasteiger partial charge in [-0.1, -0.05) is 133 Å². The Kier molecular flexibility index (Phi) is 6.01. The maximum atomic E-state index is 6.86. The van der Waals surface area contributed by atoms with Crippen LogP contribution in [-0.4, -0.2) is 15.0 Å². The van der Waals surface area contributed by atoms with Crippen LogP contribution in [0.1, 0.15) is 22.3 Å². The van der Waals surface area contributed by atoms with Crippen molar-refractivity contribution in [3.63, 3.8) is 0 Å². The standard InChI is InChI=1S/C46H27N3OS/c1-3-13-28(14-4-1)43-47-44(29-15-5-2-6-16-29)49-45(48-43)30-23-24-37-40(25-30)50-39-21-11-10-20-36(39)46(37)35-19-9-7-17-31(35)33-27-42-34(26-38(33)46)32-18-8-12-22-41(32)51-42/h1-27H. The number of fused-ring (bicyclic) bond motifs is 12. The molecule has 1 atom stereocenters. The van der Waals surface area contributed by atoms with Crippen molar-refractivity contribution in [1.29, 1.82) is 0 Å². The molecule has 0 bridgehead atoms. The Labute approximate surface area is 298 Å². The van der Waals surface area contributed by atoms with E-state index < -0.39 is 5.41 Å². The van der Waals surface area contributed by atoms with Crippen LogP contribution in [-0.2, 0) is 5.41 Å². The van der Waals surface area contributed by atoms with E-state index in [1.54, 1.807) is 0 Å². The van der Waals surface area contributed by atoms with Gasteiger partial charge in [-0.25, -0.2) is 15.0 Å². The molecule has 1 unspecified atom stereocenters. The number of benzene rings is 7. The highest BCUT2D eigenvalue weighted by atomic mass is 32.1. The van der Waals surface area contributed by atoms with Gasteiger partial charge in [0.1, 0.15) is 11.5 Å². The normalized spacial score (nSPS) is 15.3. The third kappa shape index (κ3) is 4.10. The van der Waals surface area contributed by atoms with Gasteiger partial charge in [0.15, 0.2) is 17.5 Å². The minimum absolute atomic E-state index is 0.574. The molecular weight excluding hydrogens is 643 g/mol. The maximum Gasteiger partial charge on any atom is 0.164 e. The molecule has 4 nitrogen and oxygen atoms in total. The van der Waals surface area contributed by atoms with Gasteiger partial charge < -0.3 is 4.74 Å². The number of nitrogens with zero attached hydrogens (tertiary/aromatic N) is 3. The minimum atomic E-state index is -0.574. The molecule has 0 radical (unpaired) electrons. The molecule has 11 rings (SSSR count). The molecule has 51 heavy (non-hydrogen) atoms. The summed E-state index contributed by atoms with van der Waals surface area (Å²) in [5.41, 5.74) is 9.50. The van der Waals surface area contributed by atoms with E-state index in [1.807, 2.05) is 72.0 Å². The molecule has 0 saturated carbocycles. The van der Waals surface area contributed by atoms with Gasteiger partial charge in [-0.2, -0.15) is 0 Å². The molecule has 2 aromatic heterocycles. The lowest BCUT2D eigenvalue weighted by Gasteiger charge is -2.39. The van der Waals surface area contributed by atoms with Gasteiger partial charge in [-0.15, -0.1) is 11.3 Å². The first-order valence-corrected chi connectivity index (χ1v) is 17.9. The number of thiophene rings is 1. The Morgan fingerprint density at radius 2 is 1.00 bits per heavy atom. The topological polar surface area (TPSA) is 47.9 Å². The highest BCUT2D eigenvalue weighted by Gasteiger charge is 2.51. The van der Waals surface area contributed by atoms with Gasteiger partial charge in [0.05, 0.1) is 5.41 Å². The third-order valence-corrected chi connectivity index (χ3v) is 11.5. The van der Waals surface area contributed by atoms with E-state index in [1.165, 1.54) is 42.4 Å². The van der Waals surface area contributed by atoms with E-state index >= 15 is 0 Å². The van der Waals surface area contributed by atoms with Crippen molar-refractivity contribution in [2.24, 2.45) is 0 Å². The fourth-order valence-corrected chi connectivity index (χ4v) is 9.32. The largest absolute Gasteiger partial charge is 0.457 e. The first-order chi connectivity index (χ1) is 25.3. The first kappa shape index (κ1) is 28.4. The van der Waals surface area contributed by atoms with Crippen LogP contribution in [0.4, 0.5) is 0 Å². The predicted octanol–water partition coefficient (Wildman–Crippen LogP) is 11.7. The number of hydrogen-bond acceptors (Lipinski definition) is 5. The molecule has 238 valence electrons. The van der Waals surface area contributed by atoms with Gasteiger partial charge in [-0.3, -0.25) is 0 Å². The zero-order chi connectivity index (χ0) is 33.5. The summed E-state index contributed by atoms with van der Waals surface area (Å²) in [7, 11) is 0. The lowest BCUT2D eigenvalue weighted by atomic mass is 9.66. The number of hydrogen-bond donors (Lipinski definition) is 0. The van der Waals surface area contributed by atoms with Gasteiger partial charge in [0.25, 0.3) is 0 Å². The van der Waals surface area contributed by atoms with Crippen molar-refractivity contribution in [3.05, 3.63) is 186 Å². The SMILES string of the molecule is c1ccc(-c2nc(-c3ccccc3)nc(-c3ccc4c(c3)Oc3ccccc3C43c4ccccc4-c4cc5sc6ccccc6c5cc43)n2)cc1. The van der Waals surface area contributed by atoms with Crippen LogP contribution >= 0.6 is 11.3 Å². The lowest BCUT2D eigenvalue weighted by molar-refractivity contribution is 0.436. The fourth-order valence-electron chi connectivity index (χ4n) is 8.20. The molecule has 1 aliphatic carbocycles.